The van der Waals surface area contributed by atoms with Crippen LogP contribution in [-0.2, 0) is 18.3 Å². The number of ether oxygens (including phenoxy) is 1. The predicted molar refractivity (Wildman–Crippen MR) is 115 cm³/mol. The number of amides is 1. The Kier molecular flexibility index (Phi) is 11.1. The second kappa shape index (κ2) is 12.0. The van der Waals surface area contributed by atoms with E-state index in [1.165, 1.54) is 18.2 Å². The lowest BCUT2D eigenvalue weighted by Crippen LogP contribution is -2.39. The number of nitrogens with one attached hydrogen (secondary N) is 1. The molecule has 7 nitrogen and oxygen atoms in total. The van der Waals surface area contributed by atoms with Crippen molar-refractivity contribution >= 4 is 77.5 Å². The Labute approximate surface area is 193 Å². The topological polar surface area (TPSA) is 90.9 Å². The van der Waals surface area contributed by atoms with Crippen LogP contribution < -0.4 is 5.32 Å². The SMILES string of the molecule is CCOP(=O)(OCC)[C@@H](CC(=O)c1ccc(Cl)c(Cl)c1)NC(=O)OCC(Cl)(Cl)Cl. The third-order valence-corrected chi connectivity index (χ3v) is 6.65. The van der Waals surface area contributed by atoms with Crippen LogP contribution in [0.4, 0.5) is 4.79 Å². The summed E-state index contributed by atoms with van der Waals surface area (Å²) in [6, 6.07) is 4.25. The molecule has 164 valence electrons. The van der Waals surface area contributed by atoms with Crippen LogP contribution in [0.2, 0.25) is 10.0 Å². The molecule has 0 bridgehead atoms. The molecule has 1 amide bonds. The number of halogens is 5. The zero-order valence-corrected chi connectivity index (χ0v) is 20.1. The van der Waals surface area contributed by atoms with Gasteiger partial charge in [-0.3, -0.25) is 9.36 Å². The van der Waals surface area contributed by atoms with Gasteiger partial charge < -0.3 is 19.1 Å². The van der Waals surface area contributed by atoms with Crippen LogP contribution in [0.25, 0.3) is 0 Å². The first-order valence-corrected chi connectivity index (χ1v) is 11.8. The number of ketones is 1. The molecule has 0 radical (unpaired) electrons. The highest BCUT2D eigenvalue weighted by Gasteiger charge is 2.39. The molecule has 0 fully saturated rings. The molecule has 1 aromatic carbocycles. The molecule has 1 rings (SSSR count). The highest BCUT2D eigenvalue weighted by Crippen LogP contribution is 2.53. The van der Waals surface area contributed by atoms with E-state index in [0.29, 0.717) is 0 Å². The summed E-state index contributed by atoms with van der Waals surface area (Å²) >= 11 is 28.4. The van der Waals surface area contributed by atoms with Gasteiger partial charge in [-0.15, -0.1) is 0 Å². The molecule has 0 saturated heterocycles. The Morgan fingerprint density at radius 3 is 2.17 bits per heavy atom. The van der Waals surface area contributed by atoms with E-state index in [9.17, 15) is 14.2 Å². The smallest absolute Gasteiger partial charge is 0.408 e. The van der Waals surface area contributed by atoms with Gasteiger partial charge in [-0.05, 0) is 32.0 Å². The molecule has 0 spiro atoms. The van der Waals surface area contributed by atoms with Crippen molar-refractivity contribution in [3.8, 4) is 0 Å². The van der Waals surface area contributed by atoms with E-state index in [1.54, 1.807) is 13.8 Å². The summed E-state index contributed by atoms with van der Waals surface area (Å²) in [6.45, 7) is 2.64. The van der Waals surface area contributed by atoms with Crippen molar-refractivity contribution in [3.05, 3.63) is 33.8 Å². The first-order valence-electron chi connectivity index (χ1n) is 8.29. The molecule has 29 heavy (non-hydrogen) atoms. The molecule has 0 unspecified atom stereocenters. The van der Waals surface area contributed by atoms with Gasteiger partial charge in [-0.25, -0.2) is 4.79 Å². The zero-order valence-electron chi connectivity index (χ0n) is 15.4. The normalized spacial score (nSPS) is 13.1. The number of alkyl carbamates (subject to hydrolysis) is 1. The van der Waals surface area contributed by atoms with Crippen LogP contribution >= 0.6 is 65.6 Å². The lowest BCUT2D eigenvalue weighted by Gasteiger charge is -2.26. The molecular weight excluding hydrogens is 510 g/mol. The maximum atomic E-state index is 13.1. The second-order valence-corrected chi connectivity index (χ2v) is 11.0. The predicted octanol–water partition coefficient (Wildman–Crippen LogP) is 6.25. The van der Waals surface area contributed by atoms with Crippen molar-refractivity contribution in [1.29, 1.82) is 0 Å². The molecule has 1 N–H and O–H groups in total. The van der Waals surface area contributed by atoms with Crippen molar-refractivity contribution in [2.24, 2.45) is 0 Å². The Morgan fingerprint density at radius 1 is 1.10 bits per heavy atom. The molecule has 0 aliphatic rings. The number of carbonyl (C=O) groups excluding carboxylic acids is 2. The number of rotatable bonds is 10. The molecular formula is C16H19Cl5NO6P. The van der Waals surface area contributed by atoms with E-state index in [-0.39, 0.29) is 28.8 Å². The molecule has 1 atom stereocenters. The van der Waals surface area contributed by atoms with E-state index >= 15 is 0 Å². The standard InChI is InChI=1S/C16H19Cl5NO6P/c1-3-27-29(25,28-4-2)14(22-15(24)26-9-16(19,20)21)8-13(23)10-5-6-11(17)12(18)7-10/h5-7,14H,3-4,8-9H2,1-2H3,(H,22,24)/t14-/m0/s1. The number of hydrogen-bond acceptors (Lipinski definition) is 6. The van der Waals surface area contributed by atoms with Crippen molar-refractivity contribution < 1.29 is 27.9 Å². The summed E-state index contributed by atoms with van der Waals surface area (Å²) in [6.07, 6.45) is -1.50. The summed E-state index contributed by atoms with van der Waals surface area (Å²) in [5.74, 6) is -1.85. The average molecular weight is 530 g/mol. The lowest BCUT2D eigenvalue weighted by molar-refractivity contribution is 0.0965. The number of benzene rings is 1. The van der Waals surface area contributed by atoms with Gasteiger partial charge in [-0.1, -0.05) is 58.0 Å². The number of Topliss-reactive ketones (excluding diaryl/α,β-unsaturated/α-hetero) is 1. The minimum atomic E-state index is -3.93. The summed E-state index contributed by atoms with van der Waals surface area (Å²) < 4.78 is 26.6. The van der Waals surface area contributed by atoms with E-state index < -0.39 is 42.1 Å². The van der Waals surface area contributed by atoms with Crippen LogP contribution in [-0.4, -0.2) is 41.3 Å². The first kappa shape index (κ1) is 26.8. The average Bonchev–Trinajstić information content (AvgIpc) is 2.61. The van der Waals surface area contributed by atoms with Gasteiger partial charge >= 0.3 is 13.7 Å². The van der Waals surface area contributed by atoms with Crippen LogP contribution in [0.3, 0.4) is 0 Å². The van der Waals surface area contributed by atoms with Crippen molar-refractivity contribution in [1.82, 2.24) is 5.32 Å². The van der Waals surface area contributed by atoms with Gasteiger partial charge in [0.05, 0.1) is 23.3 Å². The zero-order chi connectivity index (χ0) is 22.2. The van der Waals surface area contributed by atoms with Gasteiger partial charge in [0.15, 0.2) is 5.78 Å². The Bertz CT molecular complexity index is 763. The van der Waals surface area contributed by atoms with Crippen molar-refractivity contribution in [3.63, 3.8) is 0 Å². The largest absolute Gasteiger partial charge is 0.445 e. The summed E-state index contributed by atoms with van der Waals surface area (Å²) in [7, 11) is -3.93. The van der Waals surface area contributed by atoms with Gasteiger partial charge in [0, 0.05) is 12.0 Å². The van der Waals surface area contributed by atoms with Crippen molar-refractivity contribution in [2.75, 3.05) is 19.8 Å². The molecule has 0 heterocycles. The molecule has 13 heteroatoms. The fourth-order valence-electron chi connectivity index (χ4n) is 2.11. The third kappa shape index (κ3) is 9.19. The quantitative estimate of drug-likeness (QED) is 0.219. The Hall–Kier alpha value is -0.240. The van der Waals surface area contributed by atoms with Gasteiger partial charge in [-0.2, -0.15) is 0 Å². The first-order chi connectivity index (χ1) is 13.4. The van der Waals surface area contributed by atoms with Gasteiger partial charge in [0.25, 0.3) is 0 Å². The van der Waals surface area contributed by atoms with Crippen LogP contribution in [0.15, 0.2) is 18.2 Å². The second-order valence-electron chi connectivity index (χ2n) is 5.48. The highest BCUT2D eigenvalue weighted by atomic mass is 35.6. The molecule has 1 aromatic rings. The number of hydrogen-bond donors (Lipinski definition) is 1. The van der Waals surface area contributed by atoms with Crippen LogP contribution in [0.5, 0.6) is 0 Å². The third-order valence-electron chi connectivity index (χ3n) is 3.27. The number of carbonyl (C=O) groups is 2. The summed E-state index contributed by atoms with van der Waals surface area (Å²) in [4.78, 5) is 24.8. The maximum absolute atomic E-state index is 13.1. The van der Waals surface area contributed by atoms with E-state index in [2.05, 4.69) is 5.32 Å². The maximum Gasteiger partial charge on any atom is 0.408 e. The molecule has 0 aliphatic heterocycles. The van der Waals surface area contributed by atoms with Gasteiger partial charge in [0.1, 0.15) is 12.4 Å². The fourth-order valence-corrected chi connectivity index (χ4v) is 4.38. The minimum absolute atomic E-state index is 0.0135. The molecule has 0 aromatic heterocycles. The van der Waals surface area contributed by atoms with Crippen LogP contribution in [0.1, 0.15) is 30.6 Å². The Balaban J connectivity index is 3.08. The lowest BCUT2D eigenvalue weighted by atomic mass is 10.1. The number of alkyl halides is 3. The van der Waals surface area contributed by atoms with E-state index in [1.807, 2.05) is 0 Å². The molecule has 0 saturated carbocycles. The monoisotopic (exact) mass is 527 g/mol. The molecule has 0 aliphatic carbocycles. The minimum Gasteiger partial charge on any atom is -0.445 e. The van der Waals surface area contributed by atoms with Crippen molar-refractivity contribution in [2.45, 2.75) is 29.8 Å². The summed E-state index contributed by atoms with van der Waals surface area (Å²) in [5.41, 5.74) is 0.195. The van der Waals surface area contributed by atoms with Gasteiger partial charge in [0.2, 0.25) is 3.79 Å². The summed E-state index contributed by atoms with van der Waals surface area (Å²) in [5, 5.41) is 2.73. The fraction of sp³-hybridized carbons (Fsp3) is 0.500. The Morgan fingerprint density at radius 2 is 1.69 bits per heavy atom. The van der Waals surface area contributed by atoms with E-state index in [0.717, 1.165) is 0 Å². The van der Waals surface area contributed by atoms with Crippen LogP contribution in [0, 0.1) is 0 Å². The highest BCUT2D eigenvalue weighted by molar-refractivity contribution is 7.54. The van der Waals surface area contributed by atoms with E-state index in [4.69, 9.17) is 71.8 Å².